The molecule has 2 aromatic rings. The third-order valence-corrected chi connectivity index (χ3v) is 3.25. The predicted octanol–water partition coefficient (Wildman–Crippen LogP) is 3.41. The fourth-order valence-electron chi connectivity index (χ4n) is 2.07. The van der Waals surface area contributed by atoms with Gasteiger partial charge in [0.15, 0.2) is 0 Å². The molecule has 0 fully saturated rings. The highest BCUT2D eigenvalue weighted by molar-refractivity contribution is 5.29. The van der Waals surface area contributed by atoms with Crippen LogP contribution in [0.25, 0.3) is 0 Å². The van der Waals surface area contributed by atoms with E-state index in [2.05, 4.69) is 67.5 Å². The summed E-state index contributed by atoms with van der Waals surface area (Å²) < 4.78 is 5.77. The first kappa shape index (κ1) is 14.6. The topological polar surface area (TPSA) is 12.5 Å². The number of nitrogens with zero attached hydrogens (tertiary/aromatic N) is 1. The third kappa shape index (κ3) is 5.06. The summed E-state index contributed by atoms with van der Waals surface area (Å²) in [5.41, 5.74) is 2.71. The van der Waals surface area contributed by atoms with E-state index in [4.69, 9.17) is 4.74 Å². The Bertz CT molecular complexity index is 508. The van der Waals surface area contributed by atoms with E-state index in [0.717, 1.165) is 31.7 Å². The van der Waals surface area contributed by atoms with Crippen LogP contribution in [0.2, 0.25) is 0 Å². The van der Waals surface area contributed by atoms with Crippen LogP contribution in [0.4, 0.5) is 0 Å². The molecule has 0 aliphatic heterocycles. The van der Waals surface area contributed by atoms with E-state index < -0.39 is 0 Å². The van der Waals surface area contributed by atoms with Gasteiger partial charge in [-0.15, -0.1) is 0 Å². The van der Waals surface area contributed by atoms with E-state index in [-0.39, 0.29) is 0 Å². The van der Waals surface area contributed by atoms with Gasteiger partial charge in [0, 0.05) is 6.54 Å². The summed E-state index contributed by atoms with van der Waals surface area (Å²) in [4.78, 5) is 2.12. The fourth-order valence-corrected chi connectivity index (χ4v) is 2.07. The van der Waals surface area contributed by atoms with Crippen molar-refractivity contribution in [2.75, 3.05) is 27.2 Å². The Morgan fingerprint density at radius 1 is 0.850 bits per heavy atom. The van der Waals surface area contributed by atoms with Crippen LogP contribution in [0.5, 0.6) is 5.75 Å². The molecule has 0 aliphatic rings. The summed E-state index contributed by atoms with van der Waals surface area (Å²) in [6, 6.07) is 19.0. The number of rotatable bonds is 7. The fraction of sp³-hybridized carbons (Fsp3) is 0.333. The average Bonchev–Trinajstić information content (AvgIpc) is 2.46. The summed E-state index contributed by atoms with van der Waals surface area (Å²) in [7, 11) is 4.11. The second kappa shape index (κ2) is 7.71. The molecule has 2 heteroatoms. The lowest BCUT2D eigenvalue weighted by molar-refractivity contribution is 0.261. The van der Waals surface area contributed by atoms with Crippen molar-refractivity contribution in [2.24, 2.45) is 0 Å². The molecule has 0 aliphatic carbocycles. The summed E-state index contributed by atoms with van der Waals surface area (Å²) >= 11 is 0. The van der Waals surface area contributed by atoms with E-state index in [1.807, 2.05) is 6.07 Å². The molecule has 0 saturated heterocycles. The zero-order chi connectivity index (χ0) is 14.2. The second-order valence-corrected chi connectivity index (χ2v) is 5.28. The molecule has 0 unspecified atom stereocenters. The van der Waals surface area contributed by atoms with Crippen LogP contribution >= 0.6 is 0 Å². The van der Waals surface area contributed by atoms with Crippen molar-refractivity contribution >= 4 is 0 Å². The highest BCUT2D eigenvalue weighted by Gasteiger charge is 1.99. The largest absolute Gasteiger partial charge is 0.492 e. The standard InChI is InChI=1S/C18H23NO/c1-19(2)13-14-20-18-10-6-9-17(15-18)12-11-16-7-4-3-5-8-16/h3-10,15H,11-14H2,1-2H3. The first-order valence-corrected chi connectivity index (χ1v) is 7.14. The van der Waals surface area contributed by atoms with Gasteiger partial charge in [-0.05, 0) is 50.2 Å². The zero-order valence-corrected chi connectivity index (χ0v) is 12.4. The maximum atomic E-state index is 5.77. The maximum Gasteiger partial charge on any atom is 0.119 e. The summed E-state index contributed by atoms with van der Waals surface area (Å²) in [6.45, 7) is 1.67. The first-order chi connectivity index (χ1) is 9.74. The Hall–Kier alpha value is -1.80. The van der Waals surface area contributed by atoms with E-state index in [9.17, 15) is 0 Å². The van der Waals surface area contributed by atoms with Gasteiger partial charge in [-0.25, -0.2) is 0 Å². The molecule has 0 aromatic heterocycles. The van der Waals surface area contributed by atoms with Crippen molar-refractivity contribution in [1.29, 1.82) is 0 Å². The average molecular weight is 269 g/mol. The summed E-state index contributed by atoms with van der Waals surface area (Å²) in [5.74, 6) is 0.970. The Labute approximate surface area is 122 Å². The van der Waals surface area contributed by atoms with E-state index in [0.29, 0.717) is 0 Å². The van der Waals surface area contributed by atoms with Gasteiger partial charge in [-0.3, -0.25) is 0 Å². The van der Waals surface area contributed by atoms with E-state index in [1.54, 1.807) is 0 Å². The van der Waals surface area contributed by atoms with Crippen molar-refractivity contribution in [3.8, 4) is 5.75 Å². The quantitative estimate of drug-likeness (QED) is 0.763. The second-order valence-electron chi connectivity index (χ2n) is 5.28. The molecule has 0 heterocycles. The van der Waals surface area contributed by atoms with Gasteiger partial charge in [-0.2, -0.15) is 0 Å². The van der Waals surface area contributed by atoms with Gasteiger partial charge < -0.3 is 9.64 Å². The molecule has 2 aromatic carbocycles. The number of hydrogen-bond donors (Lipinski definition) is 0. The van der Waals surface area contributed by atoms with Crippen molar-refractivity contribution in [2.45, 2.75) is 12.8 Å². The molecular weight excluding hydrogens is 246 g/mol. The highest BCUT2D eigenvalue weighted by atomic mass is 16.5. The van der Waals surface area contributed by atoms with Gasteiger partial charge in [0.1, 0.15) is 12.4 Å². The van der Waals surface area contributed by atoms with Crippen LogP contribution in [0.15, 0.2) is 54.6 Å². The van der Waals surface area contributed by atoms with Crippen molar-refractivity contribution in [3.05, 3.63) is 65.7 Å². The Morgan fingerprint density at radius 2 is 1.55 bits per heavy atom. The first-order valence-electron chi connectivity index (χ1n) is 7.14. The van der Waals surface area contributed by atoms with Gasteiger partial charge in [0.05, 0.1) is 0 Å². The van der Waals surface area contributed by atoms with Crippen LogP contribution in [0.3, 0.4) is 0 Å². The molecule has 0 spiro atoms. The van der Waals surface area contributed by atoms with Gasteiger partial charge in [0.25, 0.3) is 0 Å². The molecule has 2 rings (SSSR count). The Balaban J connectivity index is 1.86. The normalized spacial score (nSPS) is 10.8. The molecule has 106 valence electrons. The zero-order valence-electron chi connectivity index (χ0n) is 12.4. The minimum absolute atomic E-state index is 0.731. The smallest absolute Gasteiger partial charge is 0.119 e. The van der Waals surface area contributed by atoms with Gasteiger partial charge in [-0.1, -0.05) is 42.5 Å². The third-order valence-electron chi connectivity index (χ3n) is 3.25. The highest BCUT2D eigenvalue weighted by Crippen LogP contribution is 2.15. The molecule has 0 radical (unpaired) electrons. The van der Waals surface area contributed by atoms with Crippen LogP contribution < -0.4 is 4.74 Å². The minimum atomic E-state index is 0.731. The van der Waals surface area contributed by atoms with E-state index in [1.165, 1.54) is 11.1 Å². The Kier molecular flexibility index (Phi) is 5.63. The Morgan fingerprint density at radius 3 is 2.30 bits per heavy atom. The lowest BCUT2D eigenvalue weighted by Gasteiger charge is -2.11. The summed E-state index contributed by atoms with van der Waals surface area (Å²) in [5, 5.41) is 0. The monoisotopic (exact) mass is 269 g/mol. The molecule has 0 saturated carbocycles. The van der Waals surface area contributed by atoms with E-state index >= 15 is 0 Å². The predicted molar refractivity (Wildman–Crippen MR) is 84.3 cm³/mol. The molecule has 0 amide bonds. The number of likely N-dealkylation sites (N-methyl/N-ethyl adjacent to an activating group) is 1. The molecule has 2 nitrogen and oxygen atoms in total. The maximum absolute atomic E-state index is 5.77. The lowest BCUT2D eigenvalue weighted by Crippen LogP contribution is -2.19. The molecule has 0 atom stereocenters. The van der Waals surface area contributed by atoms with Crippen LogP contribution in [-0.4, -0.2) is 32.1 Å². The van der Waals surface area contributed by atoms with Crippen LogP contribution in [-0.2, 0) is 12.8 Å². The number of aryl methyl sites for hydroxylation is 2. The van der Waals surface area contributed by atoms with Crippen molar-refractivity contribution in [1.82, 2.24) is 4.90 Å². The molecule has 20 heavy (non-hydrogen) atoms. The lowest BCUT2D eigenvalue weighted by atomic mass is 10.0. The number of ether oxygens (including phenoxy) is 1. The van der Waals surface area contributed by atoms with Crippen molar-refractivity contribution < 1.29 is 4.74 Å². The SMILES string of the molecule is CN(C)CCOc1cccc(CCc2ccccc2)c1. The minimum Gasteiger partial charge on any atom is -0.492 e. The number of hydrogen-bond acceptors (Lipinski definition) is 2. The summed E-state index contributed by atoms with van der Waals surface area (Å²) in [6.07, 6.45) is 2.12. The van der Waals surface area contributed by atoms with Crippen molar-refractivity contribution in [3.63, 3.8) is 0 Å². The number of benzene rings is 2. The van der Waals surface area contributed by atoms with Crippen LogP contribution in [0, 0.1) is 0 Å². The van der Waals surface area contributed by atoms with Crippen LogP contribution in [0.1, 0.15) is 11.1 Å². The molecule has 0 bridgehead atoms. The van der Waals surface area contributed by atoms with Gasteiger partial charge >= 0.3 is 0 Å². The molecular formula is C18H23NO. The molecule has 0 N–H and O–H groups in total. The van der Waals surface area contributed by atoms with Gasteiger partial charge in [0.2, 0.25) is 0 Å².